The van der Waals surface area contributed by atoms with Crippen LogP contribution in [-0.4, -0.2) is 0 Å². The van der Waals surface area contributed by atoms with Crippen LogP contribution in [0.3, 0.4) is 0 Å². The topological polar surface area (TPSA) is 0 Å². The number of hydrogen-bond acceptors (Lipinski definition) is 0. The third-order valence-corrected chi connectivity index (χ3v) is 1.87. The van der Waals surface area contributed by atoms with Gasteiger partial charge in [0.2, 0.25) is 0 Å². The van der Waals surface area contributed by atoms with E-state index in [0.29, 0.717) is 0 Å². The first-order valence-corrected chi connectivity index (χ1v) is 3.77. The maximum absolute atomic E-state index is 5.35. The highest BCUT2D eigenvalue weighted by atomic mass is 14.0. The van der Waals surface area contributed by atoms with Gasteiger partial charge in [0.05, 0.1) is 0 Å². The monoisotopic (exact) mass is 151 g/mol. The number of fused-ring (bicyclic) bond motifs is 1. The molecule has 0 saturated carbocycles. The lowest BCUT2D eigenvalue weighted by Gasteiger charge is -1.97. The maximum atomic E-state index is 5.35. The second kappa shape index (κ2) is 2.71. The lowest BCUT2D eigenvalue weighted by atomic mass is 10.1. The molecule has 0 aliphatic rings. The van der Waals surface area contributed by atoms with Crippen molar-refractivity contribution in [3.05, 3.63) is 48.0 Å². The van der Waals surface area contributed by atoms with E-state index >= 15 is 0 Å². The number of terminal acetylenes is 1. The number of hydrogen-bond donors (Lipinski definition) is 0. The van der Waals surface area contributed by atoms with E-state index in [9.17, 15) is 0 Å². The average molecular weight is 151 g/mol. The van der Waals surface area contributed by atoms with E-state index in [4.69, 9.17) is 6.42 Å². The Balaban J connectivity index is 2.91. The summed E-state index contributed by atoms with van der Waals surface area (Å²) in [6.45, 7) is 0. The Bertz CT molecular complexity index is 442. The van der Waals surface area contributed by atoms with Crippen molar-refractivity contribution in [1.82, 2.24) is 0 Å². The molecule has 55 valence electrons. The molecule has 2 aromatic carbocycles. The van der Waals surface area contributed by atoms with Crippen LogP contribution in [0.15, 0.2) is 36.4 Å². The normalized spacial score (nSPS) is 9.58. The molecule has 0 aliphatic heterocycles. The van der Waals surface area contributed by atoms with Gasteiger partial charge in [-0.3, -0.25) is 0 Å². The van der Waals surface area contributed by atoms with E-state index in [1.165, 1.54) is 0 Å². The van der Waals surface area contributed by atoms with E-state index in [1.54, 1.807) is 0 Å². The fraction of sp³-hybridized carbons (Fsp3) is 0. The third-order valence-electron chi connectivity index (χ3n) is 1.87. The van der Waals surface area contributed by atoms with Crippen LogP contribution >= 0.6 is 0 Å². The highest BCUT2D eigenvalue weighted by molar-refractivity contribution is 5.87. The van der Waals surface area contributed by atoms with E-state index in [0.717, 1.165) is 16.3 Å². The summed E-state index contributed by atoms with van der Waals surface area (Å²) in [7, 11) is 0. The predicted molar refractivity (Wildman–Crippen MR) is 50.7 cm³/mol. The summed E-state index contributed by atoms with van der Waals surface area (Å²) < 4.78 is 0. The first-order valence-electron chi connectivity index (χ1n) is 3.77. The lowest BCUT2D eigenvalue weighted by molar-refractivity contribution is 1.69. The van der Waals surface area contributed by atoms with Crippen LogP contribution < -0.4 is 0 Å². The Morgan fingerprint density at radius 1 is 1.17 bits per heavy atom. The summed E-state index contributed by atoms with van der Waals surface area (Å²) in [6.07, 6.45) is 5.35. The van der Waals surface area contributed by atoms with Crippen molar-refractivity contribution in [2.75, 3.05) is 0 Å². The van der Waals surface area contributed by atoms with Crippen LogP contribution in [0.4, 0.5) is 0 Å². The van der Waals surface area contributed by atoms with Gasteiger partial charge in [-0.05, 0) is 29.0 Å². The Kier molecular flexibility index (Phi) is 1.57. The van der Waals surface area contributed by atoms with Crippen molar-refractivity contribution in [2.45, 2.75) is 0 Å². The van der Waals surface area contributed by atoms with Gasteiger partial charge in [-0.1, -0.05) is 30.2 Å². The van der Waals surface area contributed by atoms with Gasteiger partial charge in [-0.15, -0.1) is 6.42 Å². The number of benzene rings is 2. The molecule has 0 N–H and O–H groups in total. The highest BCUT2D eigenvalue weighted by Gasteiger charge is 1.94. The van der Waals surface area contributed by atoms with Crippen molar-refractivity contribution >= 4 is 10.8 Å². The van der Waals surface area contributed by atoms with E-state index < -0.39 is 0 Å². The molecule has 0 atom stereocenters. The number of rotatable bonds is 0. The first kappa shape index (κ1) is 6.94. The zero-order valence-electron chi connectivity index (χ0n) is 6.54. The second-order valence-corrected chi connectivity index (χ2v) is 2.60. The third kappa shape index (κ3) is 0.963. The van der Waals surface area contributed by atoms with E-state index in [-0.39, 0.29) is 0 Å². The van der Waals surface area contributed by atoms with Crippen molar-refractivity contribution in [3.63, 3.8) is 0 Å². The SMILES string of the molecule is C#Cc1c[c]cc2ccccc12. The van der Waals surface area contributed by atoms with Crippen molar-refractivity contribution in [1.29, 1.82) is 0 Å². The Labute approximate surface area is 71.8 Å². The molecule has 0 heteroatoms. The molecule has 12 heavy (non-hydrogen) atoms. The van der Waals surface area contributed by atoms with Crippen LogP contribution in [0, 0.1) is 18.4 Å². The minimum atomic E-state index is 0.910. The molecule has 0 nitrogen and oxygen atoms in total. The molecule has 2 aromatic rings. The van der Waals surface area contributed by atoms with Gasteiger partial charge in [0.25, 0.3) is 0 Å². The summed E-state index contributed by atoms with van der Waals surface area (Å²) in [5.41, 5.74) is 0.910. The molecule has 0 amide bonds. The highest BCUT2D eigenvalue weighted by Crippen LogP contribution is 2.16. The van der Waals surface area contributed by atoms with E-state index in [1.807, 2.05) is 36.4 Å². The zero-order chi connectivity index (χ0) is 8.39. The Morgan fingerprint density at radius 2 is 2.00 bits per heavy atom. The second-order valence-electron chi connectivity index (χ2n) is 2.60. The van der Waals surface area contributed by atoms with Crippen LogP contribution in [0.5, 0.6) is 0 Å². The molecular formula is C12H7. The minimum absolute atomic E-state index is 0.910. The summed E-state index contributed by atoms with van der Waals surface area (Å²) in [5.74, 6) is 2.64. The van der Waals surface area contributed by atoms with Gasteiger partial charge in [-0.25, -0.2) is 0 Å². The van der Waals surface area contributed by atoms with Gasteiger partial charge < -0.3 is 0 Å². The summed E-state index contributed by atoms with van der Waals surface area (Å²) in [6, 6.07) is 14.8. The molecule has 0 unspecified atom stereocenters. The first-order chi connectivity index (χ1) is 5.92. The van der Waals surface area contributed by atoms with E-state index in [2.05, 4.69) is 12.0 Å². The smallest absolute Gasteiger partial charge is 0.0327 e. The van der Waals surface area contributed by atoms with Crippen molar-refractivity contribution in [2.24, 2.45) is 0 Å². The van der Waals surface area contributed by atoms with Crippen LogP contribution in [0.25, 0.3) is 10.8 Å². The molecule has 0 heterocycles. The lowest BCUT2D eigenvalue weighted by Crippen LogP contribution is -1.77. The zero-order valence-corrected chi connectivity index (χ0v) is 6.54. The van der Waals surface area contributed by atoms with Crippen LogP contribution in [-0.2, 0) is 0 Å². The molecule has 1 radical (unpaired) electrons. The fourth-order valence-corrected chi connectivity index (χ4v) is 1.28. The molecule has 0 aromatic heterocycles. The molecular weight excluding hydrogens is 144 g/mol. The van der Waals surface area contributed by atoms with Crippen LogP contribution in [0.2, 0.25) is 0 Å². The Morgan fingerprint density at radius 3 is 2.83 bits per heavy atom. The minimum Gasteiger partial charge on any atom is -0.115 e. The summed E-state index contributed by atoms with van der Waals surface area (Å²) >= 11 is 0. The maximum Gasteiger partial charge on any atom is 0.0327 e. The standard InChI is InChI=1S/C12H7/c1-2-10-7-5-8-11-6-3-4-9-12(10)11/h1,3-4,6-9H. The predicted octanol–water partition coefficient (Wildman–Crippen LogP) is 2.62. The van der Waals surface area contributed by atoms with Gasteiger partial charge >= 0.3 is 0 Å². The Hall–Kier alpha value is -1.74. The molecule has 0 saturated heterocycles. The quantitative estimate of drug-likeness (QED) is 0.508. The molecule has 2 rings (SSSR count). The summed E-state index contributed by atoms with van der Waals surface area (Å²) in [5, 5.41) is 2.27. The largest absolute Gasteiger partial charge is 0.115 e. The van der Waals surface area contributed by atoms with Crippen molar-refractivity contribution < 1.29 is 0 Å². The molecule has 0 fully saturated rings. The van der Waals surface area contributed by atoms with Crippen molar-refractivity contribution in [3.8, 4) is 12.3 Å². The van der Waals surface area contributed by atoms with Gasteiger partial charge in [0.1, 0.15) is 0 Å². The molecule has 0 bridgehead atoms. The average Bonchev–Trinajstić information content (AvgIpc) is 2.17. The molecule has 0 spiro atoms. The molecule has 0 aliphatic carbocycles. The van der Waals surface area contributed by atoms with Gasteiger partial charge in [-0.2, -0.15) is 0 Å². The van der Waals surface area contributed by atoms with Crippen LogP contribution in [0.1, 0.15) is 5.56 Å². The fourth-order valence-electron chi connectivity index (χ4n) is 1.28. The summed E-state index contributed by atoms with van der Waals surface area (Å²) in [4.78, 5) is 0. The van der Waals surface area contributed by atoms with Gasteiger partial charge in [0.15, 0.2) is 0 Å². The van der Waals surface area contributed by atoms with Gasteiger partial charge in [0, 0.05) is 5.56 Å².